The third-order valence-corrected chi connectivity index (χ3v) is 3.90. The Balaban J connectivity index is 0. The molecule has 0 radical (unpaired) electrons. The average molecular weight is 497 g/mol. The van der Waals surface area contributed by atoms with Crippen LogP contribution in [0.15, 0.2) is 50.4 Å². The van der Waals surface area contributed by atoms with Crippen molar-refractivity contribution in [1.82, 2.24) is 39.9 Å². The van der Waals surface area contributed by atoms with Crippen molar-refractivity contribution in [2.45, 2.75) is 69.2 Å². The first-order valence-corrected chi connectivity index (χ1v) is 12.4. The van der Waals surface area contributed by atoms with Crippen molar-refractivity contribution in [3.05, 3.63) is 61.6 Å². The number of aromatic nitrogens is 10. The molecular formula is C26H44N10+2. The molecular weight excluding hydrogens is 452 g/mol. The third kappa shape index (κ3) is 11.1. The van der Waals surface area contributed by atoms with E-state index in [2.05, 4.69) is 39.9 Å². The van der Waals surface area contributed by atoms with Crippen molar-refractivity contribution in [3.8, 4) is 22.9 Å². The van der Waals surface area contributed by atoms with E-state index < -0.39 is 0 Å². The smallest absolute Gasteiger partial charge is 0.244 e. The molecule has 196 valence electrons. The van der Waals surface area contributed by atoms with Crippen molar-refractivity contribution in [1.29, 1.82) is 0 Å². The van der Waals surface area contributed by atoms with Crippen molar-refractivity contribution in [2.24, 2.45) is 14.1 Å². The zero-order chi connectivity index (χ0) is 27.9. The third-order valence-electron chi connectivity index (χ3n) is 3.90. The van der Waals surface area contributed by atoms with Crippen molar-refractivity contribution >= 4 is 0 Å². The summed E-state index contributed by atoms with van der Waals surface area (Å²) in [7, 11) is 3.78. The Bertz CT molecular complexity index is 913. The van der Waals surface area contributed by atoms with Gasteiger partial charge in [0.25, 0.3) is 24.3 Å². The van der Waals surface area contributed by atoms with Gasteiger partial charge in [0.15, 0.2) is 0 Å². The van der Waals surface area contributed by atoms with Gasteiger partial charge in [-0.3, -0.25) is 0 Å². The van der Waals surface area contributed by atoms with Gasteiger partial charge in [0.2, 0.25) is 12.7 Å². The molecule has 0 unspecified atom stereocenters. The molecule has 0 saturated heterocycles. The average Bonchev–Trinajstić information content (AvgIpc) is 2.95. The van der Waals surface area contributed by atoms with Gasteiger partial charge in [0.1, 0.15) is 18.3 Å². The molecule has 0 atom stereocenters. The summed E-state index contributed by atoms with van der Waals surface area (Å²) in [6, 6.07) is 0. The minimum Gasteiger partial charge on any atom is -0.244 e. The standard InChI is InChI=1S/2C9H10N5.4C2H6/c1-7-8(3-10-4-12-7)9-13-5-11-6-14(9)2;1-7-3-10-4-12-8(7)9-13-5-11-6-14(9)2;4*1-2/h2*3-6H,1-2H3;4*1-2H3/q2*+1;;;;. The highest BCUT2D eigenvalue weighted by molar-refractivity contribution is 5.52. The molecule has 0 spiro atoms. The number of hydrogen-bond donors (Lipinski definition) is 0. The zero-order valence-electron chi connectivity index (χ0n) is 24.1. The molecule has 0 fully saturated rings. The maximum atomic E-state index is 4.19. The molecule has 0 amide bonds. The lowest BCUT2D eigenvalue weighted by Gasteiger charge is -2.00. The van der Waals surface area contributed by atoms with Crippen LogP contribution < -0.4 is 9.13 Å². The molecule has 4 aromatic heterocycles. The quantitative estimate of drug-likeness (QED) is 0.379. The van der Waals surface area contributed by atoms with Gasteiger partial charge in [-0.25, -0.2) is 29.1 Å². The van der Waals surface area contributed by atoms with E-state index in [-0.39, 0.29) is 0 Å². The minimum atomic E-state index is 0.792. The molecule has 4 aromatic rings. The summed E-state index contributed by atoms with van der Waals surface area (Å²) in [6.45, 7) is 19.9. The Labute approximate surface area is 217 Å². The first-order valence-electron chi connectivity index (χ1n) is 12.4. The molecule has 10 heteroatoms. The van der Waals surface area contributed by atoms with Gasteiger partial charge in [0.05, 0.1) is 25.4 Å². The number of rotatable bonds is 2. The van der Waals surface area contributed by atoms with Crippen LogP contribution >= 0.6 is 0 Å². The largest absolute Gasteiger partial charge is 0.292 e. The van der Waals surface area contributed by atoms with E-state index in [4.69, 9.17) is 0 Å². The van der Waals surface area contributed by atoms with E-state index in [1.54, 1.807) is 25.0 Å². The summed E-state index contributed by atoms with van der Waals surface area (Å²) >= 11 is 0. The molecule has 0 saturated carbocycles. The van der Waals surface area contributed by atoms with Crippen LogP contribution in [-0.2, 0) is 14.1 Å². The predicted molar refractivity (Wildman–Crippen MR) is 143 cm³/mol. The molecule has 0 aliphatic carbocycles. The molecule has 4 heterocycles. The fraction of sp³-hybridized carbons (Fsp3) is 0.462. The van der Waals surface area contributed by atoms with Crippen molar-refractivity contribution < 1.29 is 9.13 Å². The first kappa shape index (κ1) is 34.3. The number of aryl methyl sites for hydroxylation is 4. The highest BCUT2D eigenvalue weighted by Crippen LogP contribution is 2.13. The Kier molecular flexibility index (Phi) is 20.7. The summed E-state index contributed by atoms with van der Waals surface area (Å²) in [5.74, 6) is 1.61. The van der Waals surface area contributed by atoms with Crippen molar-refractivity contribution in [3.63, 3.8) is 0 Å². The number of nitrogens with zero attached hydrogens (tertiary/aromatic N) is 10. The van der Waals surface area contributed by atoms with Crippen LogP contribution in [0.1, 0.15) is 66.6 Å². The van der Waals surface area contributed by atoms with Crippen LogP contribution in [0.4, 0.5) is 0 Å². The van der Waals surface area contributed by atoms with E-state index in [1.807, 2.05) is 92.5 Å². The lowest BCUT2D eigenvalue weighted by molar-refractivity contribution is -0.666. The van der Waals surface area contributed by atoms with E-state index in [1.165, 1.54) is 25.3 Å². The minimum absolute atomic E-state index is 0.792. The van der Waals surface area contributed by atoms with Crippen LogP contribution in [0.25, 0.3) is 22.9 Å². The van der Waals surface area contributed by atoms with E-state index >= 15 is 0 Å². The Morgan fingerprint density at radius 1 is 0.528 bits per heavy atom. The summed E-state index contributed by atoms with van der Waals surface area (Å²) in [4.78, 5) is 32.4. The van der Waals surface area contributed by atoms with Gasteiger partial charge in [-0.15, -0.1) is 0 Å². The normalized spacial score (nSPS) is 8.56. The second kappa shape index (κ2) is 21.7. The lowest BCUT2D eigenvalue weighted by atomic mass is 10.2. The summed E-state index contributed by atoms with van der Waals surface area (Å²) in [6.07, 6.45) is 13.0. The van der Waals surface area contributed by atoms with Crippen LogP contribution in [0.2, 0.25) is 0 Å². The van der Waals surface area contributed by atoms with Gasteiger partial charge < -0.3 is 0 Å². The molecule has 36 heavy (non-hydrogen) atoms. The molecule has 4 rings (SSSR count). The molecule has 10 nitrogen and oxygen atoms in total. The highest BCUT2D eigenvalue weighted by Gasteiger charge is 2.14. The maximum Gasteiger partial charge on any atom is 0.292 e. The molecule has 0 aliphatic heterocycles. The lowest BCUT2D eigenvalue weighted by Crippen LogP contribution is -2.32. The van der Waals surface area contributed by atoms with Gasteiger partial charge in [0, 0.05) is 12.4 Å². The van der Waals surface area contributed by atoms with E-state index in [0.717, 1.165) is 34.2 Å². The summed E-state index contributed by atoms with van der Waals surface area (Å²) in [5, 5.41) is 0. The fourth-order valence-corrected chi connectivity index (χ4v) is 2.46. The van der Waals surface area contributed by atoms with Crippen LogP contribution in [-0.4, -0.2) is 39.9 Å². The topological polar surface area (TPSA) is 111 Å². The van der Waals surface area contributed by atoms with E-state index in [0.29, 0.717) is 0 Å². The van der Waals surface area contributed by atoms with Crippen LogP contribution in [0, 0.1) is 13.8 Å². The monoisotopic (exact) mass is 496 g/mol. The first-order chi connectivity index (χ1) is 17.6. The SMILES string of the molecule is CC.CC.CC.CC.Cc1cncnc1-c1ncnc[n+]1C.Cc1ncncc1-c1ncnc[n+]1C. The number of hydrogen-bond acceptors (Lipinski definition) is 8. The van der Waals surface area contributed by atoms with E-state index in [9.17, 15) is 0 Å². The highest BCUT2D eigenvalue weighted by atomic mass is 15.1. The van der Waals surface area contributed by atoms with Crippen LogP contribution in [0.3, 0.4) is 0 Å². The fourth-order valence-electron chi connectivity index (χ4n) is 2.46. The van der Waals surface area contributed by atoms with Gasteiger partial charge in [-0.1, -0.05) is 75.3 Å². The molecule has 0 bridgehead atoms. The van der Waals surface area contributed by atoms with Crippen LogP contribution in [0.5, 0.6) is 0 Å². The second-order valence-electron chi connectivity index (χ2n) is 5.96. The summed E-state index contributed by atoms with van der Waals surface area (Å²) in [5.41, 5.74) is 3.68. The van der Waals surface area contributed by atoms with Gasteiger partial charge >= 0.3 is 0 Å². The van der Waals surface area contributed by atoms with Crippen molar-refractivity contribution in [2.75, 3.05) is 0 Å². The Morgan fingerprint density at radius 2 is 0.972 bits per heavy atom. The molecule has 0 aromatic carbocycles. The second-order valence-corrected chi connectivity index (χ2v) is 5.96. The van der Waals surface area contributed by atoms with Gasteiger partial charge in [-0.05, 0) is 19.4 Å². The molecule has 0 N–H and O–H groups in total. The Hall–Kier alpha value is -3.82. The summed E-state index contributed by atoms with van der Waals surface area (Å²) < 4.78 is 3.67. The zero-order valence-corrected chi connectivity index (χ0v) is 24.1. The molecule has 0 aliphatic rings. The maximum absolute atomic E-state index is 4.19. The predicted octanol–water partition coefficient (Wildman–Crippen LogP) is 4.24. The van der Waals surface area contributed by atoms with Gasteiger partial charge in [-0.2, -0.15) is 0 Å². The Morgan fingerprint density at radius 3 is 1.44 bits per heavy atom.